The van der Waals surface area contributed by atoms with Gasteiger partial charge in [-0.1, -0.05) is 29.3 Å². The maximum atomic E-state index is 12.2. The first kappa shape index (κ1) is 23.3. The molecule has 0 atom stereocenters. The smallest absolute Gasteiger partial charge is 0.261 e. The highest BCUT2D eigenvalue weighted by Crippen LogP contribution is 2.26. The molecule has 6 nitrogen and oxygen atoms in total. The van der Waals surface area contributed by atoms with Crippen molar-refractivity contribution >= 4 is 50.8 Å². The molecule has 31 heavy (non-hydrogen) atoms. The Kier molecular flexibility index (Phi) is 7.75. The van der Waals surface area contributed by atoms with E-state index in [4.69, 9.17) is 27.9 Å². The molecule has 1 aromatic heterocycles. The second-order valence-corrected chi connectivity index (χ2v) is 8.50. The quantitative estimate of drug-likeness (QED) is 0.319. The fourth-order valence-corrected chi connectivity index (χ4v) is 3.62. The van der Waals surface area contributed by atoms with Gasteiger partial charge in [-0.15, -0.1) is 0 Å². The Morgan fingerprint density at radius 2 is 1.81 bits per heavy atom. The van der Waals surface area contributed by atoms with Crippen LogP contribution >= 0.6 is 39.1 Å². The minimum atomic E-state index is -0.256. The number of halogens is 3. The third kappa shape index (κ3) is 5.87. The van der Waals surface area contributed by atoms with Crippen LogP contribution in [0, 0.1) is 13.8 Å². The van der Waals surface area contributed by atoms with Gasteiger partial charge < -0.3 is 4.74 Å². The van der Waals surface area contributed by atoms with E-state index in [1.165, 1.54) is 0 Å². The average Bonchev–Trinajstić information content (AvgIpc) is 2.98. The lowest BCUT2D eigenvalue weighted by Crippen LogP contribution is -2.25. The lowest BCUT2D eigenvalue weighted by molar-refractivity contribution is -0.121. The van der Waals surface area contributed by atoms with Crippen molar-refractivity contribution in [3.05, 3.63) is 79.5 Å². The molecule has 0 fully saturated rings. The molecule has 1 N–H and O–H groups in total. The number of carbonyl (C=O) groups excluding carboxylic acids is 1. The van der Waals surface area contributed by atoms with E-state index in [1.807, 2.05) is 45.0 Å². The predicted octanol–water partition coefficient (Wildman–Crippen LogP) is 5.69. The molecule has 2 aromatic carbocycles. The standard InChI is InChI=1S/C22H21BrCl2N4O2/c1-13(26-27-21(30)11-29-15(3)22(23)14(2)28-29)16-7-9-17(10-8-16)31-12-18-19(24)5-4-6-20(18)25/h4-10H,11-12H2,1-3H3,(H,27,30). The molecule has 0 bridgehead atoms. The van der Waals surface area contributed by atoms with E-state index in [0.29, 0.717) is 21.5 Å². The fourth-order valence-electron chi connectivity index (χ4n) is 2.83. The molecule has 3 aromatic rings. The van der Waals surface area contributed by atoms with Gasteiger partial charge in [-0.25, -0.2) is 5.43 Å². The Balaban J connectivity index is 1.57. The molecule has 0 aliphatic rings. The van der Waals surface area contributed by atoms with Gasteiger partial charge >= 0.3 is 0 Å². The van der Waals surface area contributed by atoms with Crippen LogP contribution in [0.25, 0.3) is 0 Å². The molecule has 0 aliphatic heterocycles. The van der Waals surface area contributed by atoms with Gasteiger partial charge in [0.2, 0.25) is 0 Å². The van der Waals surface area contributed by atoms with Crippen LogP contribution in [0.15, 0.2) is 52.0 Å². The topological polar surface area (TPSA) is 68.5 Å². The van der Waals surface area contributed by atoms with E-state index < -0.39 is 0 Å². The molecule has 0 aliphatic carbocycles. The van der Waals surface area contributed by atoms with E-state index in [9.17, 15) is 4.79 Å². The van der Waals surface area contributed by atoms with Crippen LogP contribution in [0.2, 0.25) is 10.0 Å². The summed E-state index contributed by atoms with van der Waals surface area (Å²) in [5.41, 5.74) is 6.57. The Morgan fingerprint density at radius 1 is 1.16 bits per heavy atom. The highest BCUT2D eigenvalue weighted by Gasteiger charge is 2.12. The van der Waals surface area contributed by atoms with Crippen LogP contribution in [0.5, 0.6) is 5.75 Å². The summed E-state index contributed by atoms with van der Waals surface area (Å²) in [6.07, 6.45) is 0. The van der Waals surface area contributed by atoms with E-state index in [0.717, 1.165) is 27.0 Å². The van der Waals surface area contributed by atoms with Crippen LogP contribution in [-0.4, -0.2) is 21.4 Å². The number of hydrogen-bond acceptors (Lipinski definition) is 4. The third-order valence-electron chi connectivity index (χ3n) is 4.65. The zero-order chi connectivity index (χ0) is 22.5. The third-order valence-corrected chi connectivity index (χ3v) is 6.51. The highest BCUT2D eigenvalue weighted by atomic mass is 79.9. The van der Waals surface area contributed by atoms with Gasteiger partial charge in [-0.3, -0.25) is 9.48 Å². The van der Waals surface area contributed by atoms with Crippen LogP contribution < -0.4 is 10.2 Å². The van der Waals surface area contributed by atoms with Crippen molar-refractivity contribution in [3.63, 3.8) is 0 Å². The number of ether oxygens (including phenoxy) is 1. The van der Waals surface area contributed by atoms with E-state index in [2.05, 4.69) is 31.6 Å². The molecular weight excluding hydrogens is 503 g/mol. The zero-order valence-corrected chi connectivity index (χ0v) is 20.3. The Morgan fingerprint density at radius 3 is 2.39 bits per heavy atom. The zero-order valence-electron chi connectivity index (χ0n) is 17.2. The monoisotopic (exact) mass is 522 g/mol. The normalized spacial score (nSPS) is 11.5. The van der Waals surface area contributed by atoms with Crippen LogP contribution in [0.3, 0.4) is 0 Å². The van der Waals surface area contributed by atoms with Gasteiger partial charge in [0.1, 0.15) is 18.9 Å². The number of nitrogens with zero attached hydrogens (tertiary/aromatic N) is 3. The molecule has 162 valence electrons. The first-order chi connectivity index (χ1) is 14.8. The number of amides is 1. The van der Waals surface area contributed by atoms with Crippen molar-refractivity contribution < 1.29 is 9.53 Å². The molecule has 0 unspecified atom stereocenters. The fraction of sp³-hybridized carbons (Fsp3) is 0.227. The molecule has 1 heterocycles. The number of aryl methyl sites for hydroxylation is 1. The molecule has 0 saturated heterocycles. The first-order valence-corrected chi connectivity index (χ1v) is 11.0. The van der Waals surface area contributed by atoms with Crippen molar-refractivity contribution in [2.75, 3.05) is 0 Å². The largest absolute Gasteiger partial charge is 0.489 e. The number of hydrazone groups is 1. The van der Waals surface area contributed by atoms with Crippen molar-refractivity contribution in [1.82, 2.24) is 15.2 Å². The van der Waals surface area contributed by atoms with Crippen LogP contribution in [-0.2, 0) is 17.9 Å². The second-order valence-electron chi connectivity index (χ2n) is 6.89. The van der Waals surface area contributed by atoms with Crippen LogP contribution in [0.1, 0.15) is 29.4 Å². The van der Waals surface area contributed by atoms with Crippen molar-refractivity contribution in [2.45, 2.75) is 33.9 Å². The summed E-state index contributed by atoms with van der Waals surface area (Å²) in [6, 6.07) is 12.7. The number of rotatable bonds is 7. The number of hydrogen-bond donors (Lipinski definition) is 1. The number of carbonyl (C=O) groups is 1. The predicted molar refractivity (Wildman–Crippen MR) is 127 cm³/mol. The maximum Gasteiger partial charge on any atom is 0.261 e. The highest BCUT2D eigenvalue weighted by molar-refractivity contribution is 9.10. The lowest BCUT2D eigenvalue weighted by atomic mass is 10.1. The van der Waals surface area contributed by atoms with E-state index >= 15 is 0 Å². The Labute approximate surface area is 199 Å². The van der Waals surface area contributed by atoms with E-state index in [1.54, 1.807) is 22.9 Å². The van der Waals surface area contributed by atoms with Crippen molar-refractivity contribution in [1.29, 1.82) is 0 Å². The maximum absolute atomic E-state index is 12.2. The Hall–Kier alpha value is -2.35. The van der Waals surface area contributed by atoms with Gasteiger partial charge in [0.15, 0.2) is 0 Å². The summed E-state index contributed by atoms with van der Waals surface area (Å²) in [5.74, 6) is 0.417. The van der Waals surface area contributed by atoms with Crippen LogP contribution in [0.4, 0.5) is 0 Å². The molecule has 0 spiro atoms. The molecule has 0 radical (unpaired) electrons. The lowest BCUT2D eigenvalue weighted by Gasteiger charge is -2.10. The molecule has 0 saturated carbocycles. The second kappa shape index (κ2) is 10.3. The van der Waals surface area contributed by atoms with Crippen molar-refractivity contribution in [3.8, 4) is 5.75 Å². The number of nitrogens with one attached hydrogen (secondary N) is 1. The summed E-state index contributed by atoms with van der Waals surface area (Å²) in [7, 11) is 0. The summed E-state index contributed by atoms with van der Waals surface area (Å²) in [5, 5.41) is 9.64. The number of benzene rings is 2. The first-order valence-electron chi connectivity index (χ1n) is 9.45. The molecule has 9 heteroatoms. The number of aromatic nitrogens is 2. The van der Waals surface area contributed by atoms with Gasteiger partial charge in [0, 0.05) is 15.6 Å². The van der Waals surface area contributed by atoms with E-state index in [-0.39, 0.29) is 19.1 Å². The molecular formula is C22H21BrCl2N4O2. The minimum absolute atomic E-state index is 0.0897. The average molecular weight is 524 g/mol. The Bertz CT molecular complexity index is 1110. The summed E-state index contributed by atoms with van der Waals surface area (Å²) in [4.78, 5) is 12.2. The van der Waals surface area contributed by atoms with Gasteiger partial charge in [0.05, 0.1) is 21.6 Å². The summed E-state index contributed by atoms with van der Waals surface area (Å²) < 4.78 is 8.32. The summed E-state index contributed by atoms with van der Waals surface area (Å²) >= 11 is 15.8. The van der Waals surface area contributed by atoms with Gasteiger partial charge in [0.25, 0.3) is 5.91 Å². The summed E-state index contributed by atoms with van der Waals surface area (Å²) in [6.45, 7) is 5.95. The molecule has 3 rings (SSSR count). The van der Waals surface area contributed by atoms with Gasteiger partial charge in [-0.05, 0) is 78.7 Å². The van der Waals surface area contributed by atoms with Crippen molar-refractivity contribution in [2.24, 2.45) is 5.10 Å². The van der Waals surface area contributed by atoms with Gasteiger partial charge in [-0.2, -0.15) is 10.2 Å². The SMILES string of the molecule is CC(=NNC(=O)Cn1nc(C)c(Br)c1C)c1ccc(OCc2c(Cl)cccc2Cl)cc1. The molecule has 1 amide bonds. The minimum Gasteiger partial charge on any atom is -0.489 e.